The first kappa shape index (κ1) is 14.1. The minimum Gasteiger partial charge on any atom is -0.497 e. The van der Waals surface area contributed by atoms with E-state index in [0.717, 1.165) is 17.3 Å². The third-order valence-electron chi connectivity index (χ3n) is 2.61. The fourth-order valence-electron chi connectivity index (χ4n) is 1.66. The highest BCUT2D eigenvalue weighted by atomic mass is 32.1. The lowest BCUT2D eigenvalue weighted by Gasteiger charge is -2.11. The lowest BCUT2D eigenvalue weighted by atomic mass is 10.2. The number of ether oxygens (including phenoxy) is 2. The molecule has 0 aliphatic carbocycles. The Labute approximate surface area is 122 Å². The predicted octanol–water partition coefficient (Wildman–Crippen LogP) is 2.33. The highest BCUT2D eigenvalue weighted by molar-refractivity contribution is 7.80. The molecule has 0 radical (unpaired) electrons. The van der Waals surface area contributed by atoms with Crippen molar-refractivity contribution in [3.63, 3.8) is 0 Å². The van der Waals surface area contributed by atoms with Gasteiger partial charge in [-0.2, -0.15) is 0 Å². The summed E-state index contributed by atoms with van der Waals surface area (Å²) in [5.41, 5.74) is 0.736. The van der Waals surface area contributed by atoms with Gasteiger partial charge in [0.1, 0.15) is 11.5 Å². The quantitative estimate of drug-likeness (QED) is 0.846. The third-order valence-corrected chi connectivity index (χ3v) is 2.82. The molecule has 0 aliphatic heterocycles. The van der Waals surface area contributed by atoms with Crippen molar-refractivity contribution in [3.05, 3.63) is 42.6 Å². The molecule has 0 atom stereocenters. The molecule has 104 valence electrons. The standard InChI is InChI=1S/C14H15N3O2S/c1-18-10-6-7-12(19-2)11(9-10)16-14(20)17-13-5-3-4-8-15-13/h3-9H,1-2H3,(H2,15,16,17,20)/p+1. The summed E-state index contributed by atoms with van der Waals surface area (Å²) in [6, 6.07) is 11.2. The van der Waals surface area contributed by atoms with Crippen LogP contribution < -0.4 is 25.1 Å². The molecule has 3 N–H and O–H groups in total. The molecule has 0 bridgehead atoms. The van der Waals surface area contributed by atoms with Gasteiger partial charge >= 0.3 is 0 Å². The molecule has 0 saturated carbocycles. The van der Waals surface area contributed by atoms with Crippen LogP contribution >= 0.6 is 12.2 Å². The lowest BCUT2D eigenvalue weighted by molar-refractivity contribution is -0.360. The zero-order chi connectivity index (χ0) is 14.4. The zero-order valence-electron chi connectivity index (χ0n) is 11.3. The second-order valence-electron chi connectivity index (χ2n) is 3.92. The molecule has 0 spiro atoms. The Bertz CT molecular complexity index is 590. The SMILES string of the molecule is COc1ccc(OC)c(NC(=S)Nc2cccc[nH+]2)c1. The van der Waals surface area contributed by atoms with E-state index in [1.54, 1.807) is 14.2 Å². The highest BCUT2D eigenvalue weighted by Gasteiger charge is 2.10. The number of rotatable bonds is 4. The summed E-state index contributed by atoms with van der Waals surface area (Å²) < 4.78 is 10.5. The summed E-state index contributed by atoms with van der Waals surface area (Å²) in [5, 5.41) is 6.58. The van der Waals surface area contributed by atoms with Crippen molar-refractivity contribution in [1.82, 2.24) is 0 Å². The number of benzene rings is 1. The number of H-pyrrole nitrogens is 1. The third kappa shape index (κ3) is 3.58. The monoisotopic (exact) mass is 290 g/mol. The van der Waals surface area contributed by atoms with E-state index in [-0.39, 0.29) is 0 Å². The summed E-state index contributed by atoms with van der Waals surface area (Å²) in [5.74, 6) is 2.21. The maximum atomic E-state index is 5.28. The van der Waals surface area contributed by atoms with E-state index in [9.17, 15) is 0 Å². The Morgan fingerprint density at radius 2 is 1.95 bits per heavy atom. The van der Waals surface area contributed by atoms with E-state index in [1.807, 2.05) is 42.6 Å². The van der Waals surface area contributed by atoms with E-state index in [0.29, 0.717) is 10.9 Å². The largest absolute Gasteiger partial charge is 0.497 e. The average molecular weight is 290 g/mol. The van der Waals surface area contributed by atoms with Crippen LogP contribution in [0.5, 0.6) is 11.5 Å². The summed E-state index contributed by atoms with van der Waals surface area (Å²) in [7, 11) is 3.22. The van der Waals surface area contributed by atoms with Gasteiger partial charge in [0.15, 0.2) is 0 Å². The Morgan fingerprint density at radius 3 is 2.60 bits per heavy atom. The van der Waals surface area contributed by atoms with Crippen LogP contribution in [-0.2, 0) is 0 Å². The first-order valence-corrected chi connectivity index (χ1v) is 6.40. The molecule has 0 saturated heterocycles. The van der Waals surface area contributed by atoms with Crippen LogP contribution in [0, 0.1) is 0 Å². The van der Waals surface area contributed by atoms with Crippen LogP contribution in [0.4, 0.5) is 11.5 Å². The molecule has 2 aromatic rings. The van der Waals surface area contributed by atoms with Crippen molar-refractivity contribution in [2.45, 2.75) is 0 Å². The van der Waals surface area contributed by atoms with Gasteiger partial charge < -0.3 is 14.8 Å². The number of methoxy groups -OCH3 is 2. The minimum atomic E-state index is 0.457. The molecule has 6 heteroatoms. The number of pyridine rings is 1. The van der Waals surface area contributed by atoms with Gasteiger partial charge in [0, 0.05) is 12.1 Å². The van der Waals surface area contributed by atoms with Gasteiger partial charge in [0.25, 0.3) is 10.9 Å². The lowest BCUT2D eigenvalue weighted by Crippen LogP contribution is -2.23. The van der Waals surface area contributed by atoms with E-state index in [1.165, 1.54) is 0 Å². The number of thiocarbonyl (C=S) groups is 1. The molecule has 1 aromatic heterocycles. The van der Waals surface area contributed by atoms with Gasteiger partial charge in [-0.15, -0.1) is 0 Å². The van der Waals surface area contributed by atoms with Crippen molar-refractivity contribution in [2.75, 3.05) is 24.9 Å². The van der Waals surface area contributed by atoms with Gasteiger partial charge in [-0.05, 0) is 30.4 Å². The predicted molar refractivity (Wildman–Crippen MR) is 82.4 cm³/mol. The van der Waals surface area contributed by atoms with Crippen molar-refractivity contribution in [1.29, 1.82) is 0 Å². The summed E-state index contributed by atoms with van der Waals surface area (Å²) in [6.07, 6.45) is 1.82. The van der Waals surface area contributed by atoms with Gasteiger partial charge in [-0.3, -0.25) is 0 Å². The fourth-order valence-corrected chi connectivity index (χ4v) is 1.88. The number of hydrogen-bond donors (Lipinski definition) is 2. The molecule has 0 unspecified atom stereocenters. The molecule has 0 aliphatic rings. The Kier molecular flexibility index (Phi) is 4.73. The summed E-state index contributed by atoms with van der Waals surface area (Å²) in [4.78, 5) is 3.04. The smallest absolute Gasteiger partial charge is 0.279 e. The van der Waals surface area contributed by atoms with Crippen LogP contribution in [0.25, 0.3) is 0 Å². The normalized spacial score (nSPS) is 9.70. The molecule has 1 heterocycles. The second-order valence-corrected chi connectivity index (χ2v) is 4.33. The fraction of sp³-hybridized carbons (Fsp3) is 0.143. The molecule has 20 heavy (non-hydrogen) atoms. The zero-order valence-corrected chi connectivity index (χ0v) is 12.1. The molecule has 0 amide bonds. The molecular formula is C14H16N3O2S+. The first-order chi connectivity index (χ1) is 9.72. The topological polar surface area (TPSA) is 56.7 Å². The van der Waals surface area contributed by atoms with Crippen molar-refractivity contribution in [2.24, 2.45) is 0 Å². The van der Waals surface area contributed by atoms with Crippen molar-refractivity contribution >= 4 is 28.8 Å². The highest BCUT2D eigenvalue weighted by Crippen LogP contribution is 2.28. The van der Waals surface area contributed by atoms with Crippen LogP contribution in [0.3, 0.4) is 0 Å². The van der Waals surface area contributed by atoms with E-state index in [2.05, 4.69) is 15.6 Å². The average Bonchev–Trinajstić information content (AvgIpc) is 2.48. The van der Waals surface area contributed by atoms with Crippen LogP contribution in [0.15, 0.2) is 42.6 Å². The Balaban J connectivity index is 2.10. The van der Waals surface area contributed by atoms with Crippen LogP contribution in [0.2, 0.25) is 0 Å². The van der Waals surface area contributed by atoms with E-state index >= 15 is 0 Å². The molecule has 5 nitrogen and oxygen atoms in total. The first-order valence-electron chi connectivity index (χ1n) is 5.99. The summed E-state index contributed by atoms with van der Waals surface area (Å²) in [6.45, 7) is 0. The van der Waals surface area contributed by atoms with Gasteiger partial charge in [-0.25, -0.2) is 10.3 Å². The molecular weight excluding hydrogens is 274 g/mol. The minimum absolute atomic E-state index is 0.457. The van der Waals surface area contributed by atoms with Gasteiger partial charge in [0.2, 0.25) is 0 Å². The maximum absolute atomic E-state index is 5.28. The number of nitrogens with one attached hydrogen (secondary N) is 3. The molecule has 0 fully saturated rings. The maximum Gasteiger partial charge on any atom is 0.279 e. The van der Waals surface area contributed by atoms with E-state index in [4.69, 9.17) is 21.7 Å². The summed E-state index contributed by atoms with van der Waals surface area (Å²) >= 11 is 5.27. The van der Waals surface area contributed by atoms with Crippen molar-refractivity contribution < 1.29 is 14.5 Å². The Hall–Kier alpha value is -2.34. The second kappa shape index (κ2) is 6.72. The van der Waals surface area contributed by atoms with Gasteiger partial charge in [0.05, 0.1) is 26.1 Å². The van der Waals surface area contributed by atoms with Crippen LogP contribution in [0.1, 0.15) is 0 Å². The van der Waals surface area contributed by atoms with Crippen molar-refractivity contribution in [3.8, 4) is 11.5 Å². The van der Waals surface area contributed by atoms with Gasteiger partial charge in [-0.1, -0.05) is 6.07 Å². The van der Waals surface area contributed by atoms with Crippen LogP contribution in [-0.4, -0.2) is 19.3 Å². The number of aromatic nitrogens is 1. The molecule has 2 rings (SSSR count). The number of hydrogen-bond acceptors (Lipinski definition) is 3. The van der Waals surface area contributed by atoms with E-state index < -0.39 is 0 Å². The number of anilines is 2. The Morgan fingerprint density at radius 1 is 1.10 bits per heavy atom. The molecule has 1 aromatic carbocycles. The number of aromatic amines is 1.